The molecule has 1 aromatic carbocycles. The zero-order valence-corrected chi connectivity index (χ0v) is 21.2. The topological polar surface area (TPSA) is 89.5 Å². The normalized spacial score (nSPS) is 15.3. The number of thioether (sulfide) groups is 1. The summed E-state index contributed by atoms with van der Waals surface area (Å²) >= 11 is 2.97. The summed E-state index contributed by atoms with van der Waals surface area (Å²) in [5.74, 6) is 0.203. The summed E-state index contributed by atoms with van der Waals surface area (Å²) in [5, 5.41) is 13.4. The minimum absolute atomic E-state index is 0.244. The molecule has 0 N–H and O–H groups in total. The number of hydrogen-bond acceptors (Lipinski definition) is 8. The third kappa shape index (κ3) is 5.54. The second-order valence-corrected chi connectivity index (χ2v) is 9.77. The molecule has 0 radical (unpaired) electrons. The number of carbonyl (C=O) groups excluding carboxylic acids is 1. The molecule has 1 aliphatic heterocycles. The molecule has 1 saturated heterocycles. The van der Waals surface area contributed by atoms with E-state index in [2.05, 4.69) is 15.9 Å². The van der Waals surface area contributed by atoms with Crippen LogP contribution < -0.4 is 0 Å². The zero-order valence-electron chi connectivity index (χ0n) is 19.5. The van der Waals surface area contributed by atoms with Gasteiger partial charge in [0.2, 0.25) is 5.69 Å². The van der Waals surface area contributed by atoms with E-state index in [0.717, 1.165) is 35.5 Å². The maximum atomic E-state index is 11.9. The van der Waals surface area contributed by atoms with Gasteiger partial charge in [0.1, 0.15) is 16.1 Å². The minimum Gasteiger partial charge on any atom is -0.462 e. The molecule has 1 unspecified atom stereocenters. The van der Waals surface area contributed by atoms with E-state index in [1.165, 1.54) is 23.1 Å². The predicted octanol–water partition coefficient (Wildman–Crippen LogP) is 6.65. The Hall–Kier alpha value is -3.24. The van der Waals surface area contributed by atoms with E-state index < -0.39 is 0 Å². The fourth-order valence-corrected chi connectivity index (χ4v) is 5.80. The van der Waals surface area contributed by atoms with Crippen LogP contribution >= 0.6 is 23.1 Å². The molecule has 4 rings (SSSR count). The van der Waals surface area contributed by atoms with Crippen LogP contribution in [0.3, 0.4) is 0 Å². The predicted molar refractivity (Wildman–Crippen MR) is 136 cm³/mol. The SMILES string of the molecule is [C-]#[N+]c1c(C)nc(SCc2csc(-c3ccc(C(=O)OCC)cc3)n2)c(C#N)c1C1CCCCO1. The first kappa shape index (κ1) is 24.9. The number of nitriles is 1. The number of rotatable bonds is 7. The fourth-order valence-electron chi connectivity index (χ4n) is 3.94. The molecule has 1 aliphatic rings. The highest BCUT2D eigenvalue weighted by molar-refractivity contribution is 7.98. The number of aryl methyl sites for hydroxylation is 1. The highest BCUT2D eigenvalue weighted by atomic mass is 32.2. The second-order valence-electron chi connectivity index (χ2n) is 7.95. The van der Waals surface area contributed by atoms with Crippen molar-refractivity contribution in [3.8, 4) is 16.6 Å². The van der Waals surface area contributed by atoms with Gasteiger partial charge in [-0.05, 0) is 45.2 Å². The van der Waals surface area contributed by atoms with Gasteiger partial charge in [0.25, 0.3) is 0 Å². The number of carbonyl (C=O) groups is 1. The van der Waals surface area contributed by atoms with Crippen LogP contribution in [0.25, 0.3) is 15.4 Å². The van der Waals surface area contributed by atoms with Crippen LogP contribution in [0.15, 0.2) is 34.7 Å². The van der Waals surface area contributed by atoms with Gasteiger partial charge < -0.3 is 9.47 Å². The fraction of sp³-hybridized carbons (Fsp3) is 0.346. The lowest BCUT2D eigenvalue weighted by atomic mass is 9.96. The van der Waals surface area contributed by atoms with Crippen molar-refractivity contribution in [3.63, 3.8) is 0 Å². The molecule has 0 aliphatic carbocycles. The van der Waals surface area contributed by atoms with E-state index in [1.54, 1.807) is 19.1 Å². The molecule has 1 atom stereocenters. The van der Waals surface area contributed by atoms with Crippen molar-refractivity contribution in [1.82, 2.24) is 9.97 Å². The van der Waals surface area contributed by atoms with Crippen molar-refractivity contribution >= 4 is 34.8 Å². The number of thiazole rings is 1. The number of pyridine rings is 1. The summed E-state index contributed by atoms with van der Waals surface area (Å²) in [4.78, 5) is 24.9. The van der Waals surface area contributed by atoms with Gasteiger partial charge in [0, 0.05) is 34.6 Å². The molecule has 0 saturated carbocycles. The molecule has 1 fully saturated rings. The van der Waals surface area contributed by atoms with Gasteiger partial charge >= 0.3 is 5.97 Å². The van der Waals surface area contributed by atoms with Crippen molar-refractivity contribution in [1.29, 1.82) is 5.26 Å². The molecule has 35 heavy (non-hydrogen) atoms. The van der Waals surface area contributed by atoms with Gasteiger partial charge in [-0.25, -0.2) is 14.6 Å². The molecule has 0 amide bonds. The number of ether oxygens (including phenoxy) is 2. The average Bonchev–Trinajstić information content (AvgIpc) is 3.37. The van der Waals surface area contributed by atoms with Crippen LogP contribution in [0.5, 0.6) is 0 Å². The van der Waals surface area contributed by atoms with E-state index >= 15 is 0 Å². The molecular formula is C26H24N4O3S2. The number of nitrogens with zero attached hydrogens (tertiary/aromatic N) is 4. The van der Waals surface area contributed by atoms with Gasteiger partial charge in [-0.1, -0.05) is 23.9 Å². The Morgan fingerprint density at radius 3 is 2.80 bits per heavy atom. The van der Waals surface area contributed by atoms with Crippen LogP contribution in [0.2, 0.25) is 0 Å². The first-order valence-electron chi connectivity index (χ1n) is 11.3. The Morgan fingerprint density at radius 1 is 1.34 bits per heavy atom. The molecule has 9 heteroatoms. The third-order valence-electron chi connectivity index (χ3n) is 5.63. The van der Waals surface area contributed by atoms with Gasteiger partial charge in [-0.3, -0.25) is 4.98 Å². The van der Waals surface area contributed by atoms with Crippen LogP contribution in [-0.4, -0.2) is 29.2 Å². The van der Waals surface area contributed by atoms with Crippen molar-refractivity contribution in [2.75, 3.05) is 13.2 Å². The quantitative estimate of drug-likeness (QED) is 0.202. The third-order valence-corrected chi connectivity index (χ3v) is 7.58. The van der Waals surface area contributed by atoms with Gasteiger partial charge in [0.05, 0.1) is 36.1 Å². The number of esters is 1. The zero-order chi connectivity index (χ0) is 24.8. The summed E-state index contributed by atoms with van der Waals surface area (Å²) < 4.78 is 11.0. The summed E-state index contributed by atoms with van der Waals surface area (Å²) in [6.07, 6.45) is 2.57. The Labute approximate surface area is 213 Å². The molecule has 3 aromatic rings. The van der Waals surface area contributed by atoms with Crippen molar-refractivity contribution in [3.05, 3.63) is 69.1 Å². The summed E-state index contributed by atoms with van der Waals surface area (Å²) in [5.41, 5.74) is 4.46. The first-order valence-corrected chi connectivity index (χ1v) is 13.2. The van der Waals surface area contributed by atoms with Crippen LogP contribution in [-0.2, 0) is 15.2 Å². The Morgan fingerprint density at radius 2 is 2.14 bits per heavy atom. The summed E-state index contributed by atoms with van der Waals surface area (Å²) in [6, 6.07) is 9.49. The molecule has 178 valence electrons. The van der Waals surface area contributed by atoms with E-state index in [1.807, 2.05) is 24.4 Å². The number of benzene rings is 1. The van der Waals surface area contributed by atoms with Gasteiger partial charge in [0.15, 0.2) is 0 Å². The standard InChI is InChI=1S/C26H24N4O3S2/c1-4-32-26(31)18-10-8-17(9-11-18)24-30-19(14-34-24)15-35-25-20(13-27)22(21-7-5-6-12-33-21)23(28-3)16(2)29-25/h8-11,14,21H,4-7,12,15H2,1-2H3. The van der Waals surface area contributed by atoms with Crippen LogP contribution in [0.4, 0.5) is 5.69 Å². The lowest BCUT2D eigenvalue weighted by Crippen LogP contribution is -2.14. The Kier molecular flexibility index (Phi) is 8.14. The second kappa shape index (κ2) is 11.5. The van der Waals surface area contributed by atoms with Gasteiger partial charge in [-0.2, -0.15) is 5.26 Å². The molecule has 0 spiro atoms. The average molecular weight is 505 g/mol. The monoisotopic (exact) mass is 504 g/mol. The summed E-state index contributed by atoms with van der Waals surface area (Å²) in [6.45, 7) is 12.2. The molecule has 0 bridgehead atoms. The van der Waals surface area contributed by atoms with Crippen molar-refractivity contribution in [2.24, 2.45) is 0 Å². The molecule has 3 heterocycles. The van der Waals surface area contributed by atoms with Gasteiger partial charge in [-0.15, -0.1) is 11.3 Å². The van der Waals surface area contributed by atoms with E-state index in [4.69, 9.17) is 21.0 Å². The number of hydrogen-bond donors (Lipinski definition) is 0. The van der Waals surface area contributed by atoms with E-state index in [0.29, 0.717) is 52.1 Å². The molecule has 2 aromatic heterocycles. The highest BCUT2D eigenvalue weighted by Gasteiger charge is 2.27. The maximum Gasteiger partial charge on any atom is 0.338 e. The smallest absolute Gasteiger partial charge is 0.338 e. The highest BCUT2D eigenvalue weighted by Crippen LogP contribution is 2.41. The summed E-state index contributed by atoms with van der Waals surface area (Å²) in [7, 11) is 0. The lowest BCUT2D eigenvalue weighted by Gasteiger charge is -2.26. The lowest BCUT2D eigenvalue weighted by molar-refractivity contribution is 0.0151. The van der Waals surface area contributed by atoms with Crippen LogP contribution in [0.1, 0.15) is 65.2 Å². The van der Waals surface area contributed by atoms with Crippen molar-refractivity contribution in [2.45, 2.75) is 50.0 Å². The maximum absolute atomic E-state index is 11.9. The van der Waals surface area contributed by atoms with Crippen molar-refractivity contribution < 1.29 is 14.3 Å². The van der Waals surface area contributed by atoms with Crippen LogP contribution in [0, 0.1) is 24.8 Å². The minimum atomic E-state index is -0.339. The van der Waals surface area contributed by atoms with E-state index in [-0.39, 0.29) is 12.1 Å². The molecule has 7 nitrogen and oxygen atoms in total. The molecular weight excluding hydrogens is 480 g/mol. The van der Waals surface area contributed by atoms with E-state index in [9.17, 15) is 10.1 Å². The Bertz CT molecular complexity index is 1300. The largest absolute Gasteiger partial charge is 0.462 e. The number of aromatic nitrogens is 2. The Balaban J connectivity index is 1.54. The first-order chi connectivity index (χ1) is 17.0.